The Morgan fingerprint density at radius 3 is 2.48 bits per heavy atom. The molecule has 160 valence electrons. The molecule has 31 heavy (non-hydrogen) atoms. The Bertz CT molecular complexity index is 1150. The lowest BCUT2D eigenvalue weighted by molar-refractivity contribution is -0.137. The Morgan fingerprint density at radius 2 is 1.84 bits per heavy atom. The van der Waals surface area contributed by atoms with Gasteiger partial charge < -0.3 is 14.6 Å². The maximum absolute atomic E-state index is 12.7. The van der Waals surface area contributed by atoms with Crippen LogP contribution in [0.5, 0.6) is 17.2 Å². The maximum atomic E-state index is 12.7. The number of alkyl halides is 3. The average Bonchev–Trinajstić information content (AvgIpc) is 2.73. The Hall–Kier alpha value is -3.52. The average molecular weight is 450 g/mol. The van der Waals surface area contributed by atoms with Gasteiger partial charge in [-0.2, -0.15) is 13.2 Å². The highest BCUT2D eigenvalue weighted by molar-refractivity contribution is 6.32. The van der Waals surface area contributed by atoms with Gasteiger partial charge in [0.1, 0.15) is 22.9 Å². The SMILES string of the molecule is COC(=O)c1ccccc1/C=N\c1ccc(Oc2ccc(C(F)(F)F)cc2Cl)cc1O. The first-order valence-corrected chi connectivity index (χ1v) is 9.16. The zero-order valence-electron chi connectivity index (χ0n) is 16.0. The van der Waals surface area contributed by atoms with Gasteiger partial charge in [-0.25, -0.2) is 4.79 Å². The van der Waals surface area contributed by atoms with Gasteiger partial charge in [0, 0.05) is 17.8 Å². The number of methoxy groups -OCH3 is 1. The predicted octanol–water partition coefficient (Wildman–Crippen LogP) is 6.39. The highest BCUT2D eigenvalue weighted by atomic mass is 35.5. The van der Waals surface area contributed by atoms with Crippen LogP contribution in [0.4, 0.5) is 18.9 Å². The molecule has 0 aromatic heterocycles. The van der Waals surface area contributed by atoms with Crippen LogP contribution in [0.2, 0.25) is 5.02 Å². The molecule has 0 amide bonds. The second-order valence-electron chi connectivity index (χ2n) is 6.23. The van der Waals surface area contributed by atoms with Crippen LogP contribution >= 0.6 is 11.6 Å². The van der Waals surface area contributed by atoms with Crippen molar-refractivity contribution >= 4 is 29.5 Å². The van der Waals surface area contributed by atoms with E-state index in [1.54, 1.807) is 24.3 Å². The monoisotopic (exact) mass is 449 g/mol. The van der Waals surface area contributed by atoms with E-state index in [9.17, 15) is 23.1 Å². The smallest absolute Gasteiger partial charge is 0.416 e. The third-order valence-corrected chi connectivity index (χ3v) is 4.44. The largest absolute Gasteiger partial charge is 0.506 e. The van der Waals surface area contributed by atoms with Crippen molar-refractivity contribution in [2.24, 2.45) is 4.99 Å². The zero-order valence-corrected chi connectivity index (χ0v) is 16.7. The molecule has 3 aromatic carbocycles. The molecule has 0 unspecified atom stereocenters. The lowest BCUT2D eigenvalue weighted by Crippen LogP contribution is -2.04. The molecule has 0 saturated carbocycles. The number of benzene rings is 3. The normalized spacial score (nSPS) is 11.5. The van der Waals surface area contributed by atoms with Gasteiger partial charge in [0.25, 0.3) is 0 Å². The van der Waals surface area contributed by atoms with Gasteiger partial charge in [0.2, 0.25) is 0 Å². The molecule has 0 saturated heterocycles. The van der Waals surface area contributed by atoms with Crippen molar-refractivity contribution in [2.75, 3.05) is 7.11 Å². The van der Waals surface area contributed by atoms with Crippen molar-refractivity contribution in [1.29, 1.82) is 0 Å². The molecule has 0 bridgehead atoms. The Morgan fingerprint density at radius 1 is 1.10 bits per heavy atom. The molecule has 0 aliphatic rings. The number of hydrogen-bond acceptors (Lipinski definition) is 5. The van der Waals surface area contributed by atoms with Crippen LogP contribution in [-0.2, 0) is 10.9 Å². The van der Waals surface area contributed by atoms with Crippen molar-refractivity contribution in [1.82, 2.24) is 0 Å². The molecule has 1 N–H and O–H groups in total. The molecule has 0 spiro atoms. The minimum absolute atomic E-state index is 0.00248. The molecule has 0 aliphatic carbocycles. The van der Waals surface area contributed by atoms with Crippen molar-refractivity contribution in [3.63, 3.8) is 0 Å². The van der Waals surface area contributed by atoms with Crippen LogP contribution in [0.15, 0.2) is 65.7 Å². The van der Waals surface area contributed by atoms with E-state index in [4.69, 9.17) is 21.1 Å². The number of rotatable bonds is 5. The van der Waals surface area contributed by atoms with Gasteiger partial charge in [-0.1, -0.05) is 29.8 Å². The van der Waals surface area contributed by atoms with Crippen LogP contribution in [0.3, 0.4) is 0 Å². The summed E-state index contributed by atoms with van der Waals surface area (Å²) in [5.41, 5.74) is 0.0888. The lowest BCUT2D eigenvalue weighted by Gasteiger charge is -2.11. The first-order chi connectivity index (χ1) is 14.7. The number of halogens is 4. The molecule has 0 heterocycles. The summed E-state index contributed by atoms with van der Waals surface area (Å²) in [6.07, 6.45) is -3.12. The van der Waals surface area contributed by atoms with E-state index in [0.29, 0.717) is 11.1 Å². The third kappa shape index (κ3) is 5.35. The number of nitrogens with zero attached hydrogens (tertiary/aromatic N) is 1. The summed E-state index contributed by atoms with van der Waals surface area (Å²) in [7, 11) is 1.27. The molecule has 0 radical (unpaired) electrons. The molecule has 3 rings (SSSR count). The molecular formula is C22H15ClF3NO4. The lowest BCUT2D eigenvalue weighted by atomic mass is 10.1. The fourth-order valence-electron chi connectivity index (χ4n) is 2.61. The molecule has 5 nitrogen and oxygen atoms in total. The number of phenolic OH excluding ortho intramolecular Hbond substituents is 1. The van der Waals surface area contributed by atoms with Crippen LogP contribution in [0.1, 0.15) is 21.5 Å². The van der Waals surface area contributed by atoms with Gasteiger partial charge in [-0.15, -0.1) is 0 Å². The van der Waals surface area contributed by atoms with Gasteiger partial charge in [-0.05, 0) is 36.4 Å². The number of ether oxygens (including phenoxy) is 2. The number of hydrogen-bond donors (Lipinski definition) is 1. The fraction of sp³-hybridized carbons (Fsp3) is 0.0909. The minimum Gasteiger partial charge on any atom is -0.506 e. The second kappa shape index (κ2) is 9.09. The molecular weight excluding hydrogens is 435 g/mol. The van der Waals surface area contributed by atoms with E-state index < -0.39 is 17.7 Å². The number of carbonyl (C=O) groups excluding carboxylic acids is 1. The quantitative estimate of drug-likeness (QED) is 0.362. The van der Waals surface area contributed by atoms with E-state index in [0.717, 1.165) is 18.2 Å². The minimum atomic E-state index is -4.52. The van der Waals surface area contributed by atoms with Crippen molar-refractivity contribution in [2.45, 2.75) is 6.18 Å². The summed E-state index contributed by atoms with van der Waals surface area (Å²) < 4.78 is 48.4. The van der Waals surface area contributed by atoms with E-state index in [1.807, 2.05) is 0 Å². The molecule has 9 heteroatoms. The number of aromatic hydroxyl groups is 1. The predicted molar refractivity (Wildman–Crippen MR) is 110 cm³/mol. The third-order valence-electron chi connectivity index (χ3n) is 4.14. The summed E-state index contributed by atoms with van der Waals surface area (Å²) >= 11 is 5.88. The highest BCUT2D eigenvalue weighted by Gasteiger charge is 2.31. The first kappa shape index (κ1) is 22.2. The summed E-state index contributed by atoms with van der Waals surface area (Å²) in [4.78, 5) is 16.0. The molecule has 3 aromatic rings. The fourth-order valence-corrected chi connectivity index (χ4v) is 2.83. The number of esters is 1. The van der Waals surface area contributed by atoms with Crippen LogP contribution in [-0.4, -0.2) is 24.4 Å². The van der Waals surface area contributed by atoms with Gasteiger partial charge in [0.05, 0.1) is 23.3 Å². The Balaban J connectivity index is 1.80. The topological polar surface area (TPSA) is 68.1 Å². The summed E-state index contributed by atoms with van der Waals surface area (Å²) in [5.74, 6) is -0.624. The van der Waals surface area contributed by atoms with Gasteiger partial charge in [0.15, 0.2) is 0 Å². The number of phenols is 1. The van der Waals surface area contributed by atoms with Gasteiger partial charge in [-0.3, -0.25) is 4.99 Å². The Kier molecular flexibility index (Phi) is 6.50. The van der Waals surface area contributed by atoms with E-state index in [2.05, 4.69) is 4.99 Å². The van der Waals surface area contributed by atoms with Crippen LogP contribution < -0.4 is 4.74 Å². The molecule has 0 aliphatic heterocycles. The first-order valence-electron chi connectivity index (χ1n) is 8.78. The summed E-state index contributed by atoms with van der Waals surface area (Å²) in [6.45, 7) is 0. The van der Waals surface area contributed by atoms with E-state index in [-0.39, 0.29) is 28.0 Å². The standard InChI is InChI=1S/C22H15ClF3NO4/c1-30-21(29)16-5-3-2-4-13(16)12-27-18-8-7-15(11-19(18)28)31-20-9-6-14(10-17(20)23)22(24,25)26/h2-12,28H,1H3/b27-12-. The van der Waals surface area contributed by atoms with Crippen molar-refractivity contribution < 1.29 is 32.5 Å². The summed E-state index contributed by atoms with van der Waals surface area (Å²) in [5, 5.41) is 10.00. The Labute approximate surface area is 180 Å². The number of aliphatic imine (C=N–C) groups is 1. The molecule has 0 fully saturated rings. The van der Waals surface area contributed by atoms with Crippen LogP contribution in [0, 0.1) is 0 Å². The van der Waals surface area contributed by atoms with E-state index >= 15 is 0 Å². The maximum Gasteiger partial charge on any atom is 0.416 e. The van der Waals surface area contributed by atoms with Crippen LogP contribution in [0.25, 0.3) is 0 Å². The highest BCUT2D eigenvalue weighted by Crippen LogP contribution is 2.38. The van der Waals surface area contributed by atoms with E-state index in [1.165, 1.54) is 31.5 Å². The van der Waals surface area contributed by atoms with Gasteiger partial charge >= 0.3 is 12.1 Å². The number of carbonyl (C=O) groups is 1. The summed E-state index contributed by atoms with van der Waals surface area (Å²) in [6, 6.07) is 13.5. The zero-order chi connectivity index (χ0) is 22.6. The van der Waals surface area contributed by atoms with Crippen molar-refractivity contribution in [3.05, 3.63) is 82.4 Å². The molecule has 0 atom stereocenters. The second-order valence-corrected chi connectivity index (χ2v) is 6.64. The van der Waals surface area contributed by atoms with Crippen molar-refractivity contribution in [3.8, 4) is 17.2 Å².